The van der Waals surface area contributed by atoms with Gasteiger partial charge in [0.05, 0.1) is 6.04 Å². The summed E-state index contributed by atoms with van der Waals surface area (Å²) in [5.74, 6) is 1.15. The van der Waals surface area contributed by atoms with Crippen LogP contribution in [0.5, 0.6) is 0 Å². The van der Waals surface area contributed by atoms with Gasteiger partial charge in [-0.1, -0.05) is 37.6 Å². The van der Waals surface area contributed by atoms with E-state index in [1.54, 1.807) is 6.19 Å². The number of halogens is 1. The lowest BCUT2D eigenvalue weighted by molar-refractivity contribution is 0.416. The fraction of sp³-hybridized carbons (Fsp3) is 0.500. The predicted molar refractivity (Wildman–Crippen MR) is 81.7 cm³/mol. The van der Waals surface area contributed by atoms with Gasteiger partial charge in [-0.15, -0.1) is 4.99 Å². The molecule has 0 bridgehead atoms. The van der Waals surface area contributed by atoms with E-state index < -0.39 is 6.67 Å². The van der Waals surface area contributed by atoms with Crippen molar-refractivity contribution in [1.82, 2.24) is 10.6 Å². The van der Waals surface area contributed by atoms with E-state index in [9.17, 15) is 4.39 Å². The number of nitrogens with zero attached hydrogens (tertiary/aromatic N) is 2. The van der Waals surface area contributed by atoms with Crippen LogP contribution in [0, 0.1) is 24.3 Å². The summed E-state index contributed by atoms with van der Waals surface area (Å²) in [6.45, 7) is 6.12. The summed E-state index contributed by atoms with van der Waals surface area (Å²) in [5.41, 5.74) is 3.81. The summed E-state index contributed by atoms with van der Waals surface area (Å²) in [4.78, 5) is 3.71. The second-order valence-corrected chi connectivity index (χ2v) is 5.58. The van der Waals surface area contributed by atoms with Gasteiger partial charge in [-0.05, 0) is 29.9 Å². The molecule has 1 aromatic rings. The van der Waals surface area contributed by atoms with Gasteiger partial charge in [-0.25, -0.2) is 4.39 Å². The monoisotopic (exact) mass is 288 g/mol. The highest BCUT2D eigenvalue weighted by atomic mass is 19.1. The average Bonchev–Trinajstić information content (AvgIpc) is 2.70. The molecular formula is C16H21FN4. The first kappa shape index (κ1) is 15.3. The number of hydrogen-bond acceptors (Lipinski definition) is 2. The number of nitriles is 1. The van der Waals surface area contributed by atoms with Gasteiger partial charge in [0.15, 0.2) is 0 Å². The fourth-order valence-electron chi connectivity index (χ4n) is 2.92. The lowest BCUT2D eigenvalue weighted by Gasteiger charge is -2.22. The summed E-state index contributed by atoms with van der Waals surface area (Å²) in [5, 5.41) is 14.8. The fourth-order valence-corrected chi connectivity index (χ4v) is 2.92. The van der Waals surface area contributed by atoms with Crippen molar-refractivity contribution in [2.45, 2.75) is 32.7 Å². The summed E-state index contributed by atoms with van der Waals surface area (Å²) in [6, 6.07) is 6.51. The molecule has 1 aliphatic rings. The SMILES string of the molecule is Cc1ccc2c(c1)C(C)C(C)C2N/C(=N/C#N)NCCF. The number of hydrogen-bond donors (Lipinski definition) is 2. The molecule has 112 valence electrons. The summed E-state index contributed by atoms with van der Waals surface area (Å²) < 4.78 is 12.3. The second-order valence-electron chi connectivity index (χ2n) is 5.58. The van der Waals surface area contributed by atoms with Gasteiger partial charge in [0, 0.05) is 6.54 Å². The molecular weight excluding hydrogens is 267 g/mol. The Bertz CT molecular complexity index is 576. The lowest BCUT2D eigenvalue weighted by Crippen LogP contribution is -2.41. The second kappa shape index (κ2) is 6.57. The third kappa shape index (κ3) is 3.15. The maximum Gasteiger partial charge on any atom is 0.209 e. The van der Waals surface area contributed by atoms with Crippen LogP contribution in [0.1, 0.15) is 42.5 Å². The number of rotatable bonds is 3. The number of nitrogens with one attached hydrogen (secondary N) is 2. The van der Waals surface area contributed by atoms with Crippen molar-refractivity contribution in [3.8, 4) is 6.19 Å². The molecule has 0 saturated heterocycles. The summed E-state index contributed by atoms with van der Waals surface area (Å²) in [7, 11) is 0. The molecule has 3 unspecified atom stereocenters. The molecule has 1 aromatic carbocycles. The lowest BCUT2D eigenvalue weighted by atomic mass is 9.94. The van der Waals surface area contributed by atoms with Gasteiger partial charge in [0.2, 0.25) is 12.2 Å². The molecule has 0 heterocycles. The number of aryl methyl sites for hydroxylation is 1. The van der Waals surface area contributed by atoms with E-state index in [2.05, 4.69) is 54.6 Å². The smallest absolute Gasteiger partial charge is 0.209 e. The van der Waals surface area contributed by atoms with Crippen LogP contribution in [-0.4, -0.2) is 19.2 Å². The van der Waals surface area contributed by atoms with Gasteiger partial charge in [0.25, 0.3) is 0 Å². The highest BCUT2D eigenvalue weighted by Crippen LogP contribution is 2.44. The highest BCUT2D eigenvalue weighted by molar-refractivity contribution is 5.81. The Morgan fingerprint density at radius 1 is 1.38 bits per heavy atom. The molecule has 5 heteroatoms. The van der Waals surface area contributed by atoms with E-state index in [-0.39, 0.29) is 12.6 Å². The molecule has 4 nitrogen and oxygen atoms in total. The van der Waals surface area contributed by atoms with Gasteiger partial charge in [-0.2, -0.15) is 5.26 Å². The first-order chi connectivity index (χ1) is 10.1. The Morgan fingerprint density at radius 3 is 2.81 bits per heavy atom. The minimum absolute atomic E-state index is 0.0785. The van der Waals surface area contributed by atoms with Crippen LogP contribution < -0.4 is 10.6 Å². The van der Waals surface area contributed by atoms with Crippen molar-refractivity contribution in [3.63, 3.8) is 0 Å². The van der Waals surface area contributed by atoms with Gasteiger partial charge in [0.1, 0.15) is 6.67 Å². The first-order valence-corrected chi connectivity index (χ1v) is 7.22. The Labute approximate surface area is 125 Å². The normalized spacial score (nSPS) is 24.3. The van der Waals surface area contributed by atoms with Gasteiger partial charge >= 0.3 is 0 Å². The topological polar surface area (TPSA) is 60.2 Å². The Kier molecular flexibility index (Phi) is 4.79. The quantitative estimate of drug-likeness (QED) is 0.511. The van der Waals surface area contributed by atoms with E-state index in [4.69, 9.17) is 5.26 Å². The van der Waals surface area contributed by atoms with Crippen molar-refractivity contribution in [1.29, 1.82) is 5.26 Å². The number of guanidine groups is 1. The van der Waals surface area contributed by atoms with E-state index in [1.165, 1.54) is 16.7 Å². The van der Waals surface area contributed by atoms with Crippen LogP contribution in [0.3, 0.4) is 0 Å². The Morgan fingerprint density at radius 2 is 2.14 bits per heavy atom. The molecule has 21 heavy (non-hydrogen) atoms. The van der Waals surface area contributed by atoms with Crippen LogP contribution in [-0.2, 0) is 0 Å². The zero-order valence-corrected chi connectivity index (χ0v) is 12.7. The van der Waals surface area contributed by atoms with Crippen molar-refractivity contribution in [2.75, 3.05) is 13.2 Å². The molecule has 3 atom stereocenters. The van der Waals surface area contributed by atoms with Crippen LogP contribution in [0.2, 0.25) is 0 Å². The third-order valence-corrected chi connectivity index (χ3v) is 4.22. The molecule has 0 radical (unpaired) electrons. The van der Waals surface area contributed by atoms with E-state index in [0.29, 0.717) is 17.8 Å². The first-order valence-electron chi connectivity index (χ1n) is 7.22. The van der Waals surface area contributed by atoms with E-state index in [1.807, 2.05) is 0 Å². The van der Waals surface area contributed by atoms with Crippen molar-refractivity contribution >= 4 is 5.96 Å². The highest BCUT2D eigenvalue weighted by Gasteiger charge is 2.35. The summed E-state index contributed by atoms with van der Waals surface area (Å²) >= 11 is 0. The van der Waals surface area contributed by atoms with Crippen LogP contribution in [0.25, 0.3) is 0 Å². The van der Waals surface area contributed by atoms with Gasteiger partial charge in [-0.3, -0.25) is 0 Å². The minimum atomic E-state index is -0.501. The molecule has 0 amide bonds. The molecule has 0 fully saturated rings. The average molecular weight is 288 g/mol. The molecule has 0 aromatic heterocycles. The zero-order chi connectivity index (χ0) is 15.4. The standard InChI is InChI=1S/C16H21FN4/c1-10-4-5-13-14(8-10)11(2)12(3)15(13)21-16(20-9-18)19-7-6-17/h4-5,8,11-12,15H,6-7H2,1-3H3,(H2,19,20,21). The molecule has 0 aliphatic heterocycles. The molecule has 0 saturated carbocycles. The van der Waals surface area contributed by atoms with Crippen LogP contribution >= 0.6 is 0 Å². The molecule has 0 spiro atoms. The third-order valence-electron chi connectivity index (χ3n) is 4.22. The molecule has 1 aliphatic carbocycles. The van der Waals surface area contributed by atoms with Gasteiger partial charge < -0.3 is 10.6 Å². The predicted octanol–water partition coefficient (Wildman–Crippen LogP) is 2.78. The minimum Gasteiger partial charge on any atom is -0.353 e. The Balaban J connectivity index is 2.24. The summed E-state index contributed by atoms with van der Waals surface area (Å²) in [6.07, 6.45) is 1.75. The molecule has 2 rings (SSSR count). The number of fused-ring (bicyclic) bond motifs is 1. The van der Waals surface area contributed by atoms with Crippen molar-refractivity contribution in [2.24, 2.45) is 10.9 Å². The molecule has 2 N–H and O–H groups in total. The van der Waals surface area contributed by atoms with Crippen LogP contribution in [0.15, 0.2) is 23.2 Å². The number of alkyl halides is 1. The van der Waals surface area contributed by atoms with Crippen molar-refractivity contribution < 1.29 is 4.39 Å². The maximum absolute atomic E-state index is 12.3. The maximum atomic E-state index is 12.3. The Hall–Kier alpha value is -2.09. The van der Waals surface area contributed by atoms with Crippen molar-refractivity contribution in [3.05, 3.63) is 34.9 Å². The van der Waals surface area contributed by atoms with Crippen LogP contribution in [0.4, 0.5) is 4.39 Å². The van der Waals surface area contributed by atoms with E-state index >= 15 is 0 Å². The largest absolute Gasteiger partial charge is 0.353 e. The number of benzene rings is 1. The zero-order valence-electron chi connectivity index (χ0n) is 12.7. The van der Waals surface area contributed by atoms with E-state index in [0.717, 1.165) is 0 Å². The number of aliphatic imine (C=N–C) groups is 1.